The Bertz CT molecular complexity index is 459. The maximum atomic E-state index is 12.0. The monoisotopic (exact) mass is 292 g/mol. The van der Waals surface area contributed by atoms with Crippen molar-refractivity contribution in [1.82, 2.24) is 10.6 Å². The molecule has 1 aromatic carbocycles. The van der Waals surface area contributed by atoms with Gasteiger partial charge >= 0.3 is 0 Å². The molecule has 1 heterocycles. The van der Waals surface area contributed by atoms with E-state index < -0.39 is 0 Å². The Balaban J connectivity index is 1.75. The number of hydrogen-bond acceptors (Lipinski definition) is 4. The quantitative estimate of drug-likeness (QED) is 0.836. The summed E-state index contributed by atoms with van der Waals surface area (Å²) < 4.78 is 10.9. The van der Waals surface area contributed by atoms with Crippen LogP contribution >= 0.6 is 0 Å². The number of carbonyl (C=O) groups excluding carboxylic acids is 1. The maximum absolute atomic E-state index is 12.0. The highest BCUT2D eigenvalue weighted by Crippen LogP contribution is 2.19. The number of hydrogen-bond donors (Lipinski definition) is 2. The molecule has 0 aliphatic carbocycles. The minimum Gasteiger partial charge on any atom is -0.497 e. The van der Waals surface area contributed by atoms with Crippen LogP contribution < -0.4 is 20.1 Å². The van der Waals surface area contributed by atoms with E-state index in [1.807, 2.05) is 31.2 Å². The average Bonchev–Trinajstić information content (AvgIpc) is 2.53. The predicted octanol–water partition coefficient (Wildman–Crippen LogP) is 1.58. The summed E-state index contributed by atoms with van der Waals surface area (Å²) in [6, 6.07) is 7.47. The van der Waals surface area contributed by atoms with Gasteiger partial charge in [0, 0.05) is 12.6 Å². The number of carbonyl (C=O) groups is 1. The third kappa shape index (κ3) is 4.93. The van der Waals surface area contributed by atoms with Crippen molar-refractivity contribution in [3.63, 3.8) is 0 Å². The predicted molar refractivity (Wildman–Crippen MR) is 81.7 cm³/mol. The number of amides is 1. The van der Waals surface area contributed by atoms with Crippen LogP contribution in [0.15, 0.2) is 24.3 Å². The zero-order valence-corrected chi connectivity index (χ0v) is 12.7. The van der Waals surface area contributed by atoms with Crippen molar-refractivity contribution >= 4 is 5.91 Å². The molecule has 116 valence electrons. The lowest BCUT2D eigenvalue weighted by atomic mass is 9.99. The standard InChI is InChI=1S/C16H24N2O3/c1-12(21-15-7-3-6-14(9-15)20-2)10-18-16(19)13-5-4-8-17-11-13/h3,6-7,9,12-13,17H,4-5,8,10-11H2,1-2H3,(H,18,19). The molecule has 0 radical (unpaired) electrons. The number of piperidine rings is 1. The first kappa shape index (κ1) is 15.6. The van der Waals surface area contributed by atoms with E-state index in [4.69, 9.17) is 9.47 Å². The Morgan fingerprint density at radius 2 is 2.29 bits per heavy atom. The third-order valence-electron chi connectivity index (χ3n) is 3.61. The first-order chi connectivity index (χ1) is 10.2. The minimum atomic E-state index is -0.0856. The van der Waals surface area contributed by atoms with Gasteiger partial charge in [-0.05, 0) is 38.4 Å². The molecule has 0 saturated carbocycles. The van der Waals surface area contributed by atoms with Crippen LogP contribution in [-0.4, -0.2) is 38.8 Å². The molecule has 1 aliphatic heterocycles. The number of methoxy groups -OCH3 is 1. The van der Waals surface area contributed by atoms with Gasteiger partial charge in [0.2, 0.25) is 5.91 Å². The number of rotatable bonds is 6. The molecule has 5 nitrogen and oxygen atoms in total. The lowest BCUT2D eigenvalue weighted by Crippen LogP contribution is -2.43. The highest BCUT2D eigenvalue weighted by molar-refractivity contribution is 5.78. The summed E-state index contributed by atoms with van der Waals surface area (Å²) in [4.78, 5) is 12.0. The second kappa shape index (κ2) is 7.88. The number of benzene rings is 1. The molecule has 21 heavy (non-hydrogen) atoms. The van der Waals surface area contributed by atoms with Gasteiger partial charge in [-0.2, -0.15) is 0 Å². The average molecular weight is 292 g/mol. The van der Waals surface area contributed by atoms with E-state index in [-0.39, 0.29) is 17.9 Å². The third-order valence-corrected chi connectivity index (χ3v) is 3.61. The molecular formula is C16H24N2O3. The van der Waals surface area contributed by atoms with Crippen LogP contribution in [0, 0.1) is 5.92 Å². The van der Waals surface area contributed by atoms with Gasteiger partial charge in [0.15, 0.2) is 0 Å². The van der Waals surface area contributed by atoms with Crippen LogP contribution in [-0.2, 0) is 4.79 Å². The van der Waals surface area contributed by atoms with Crippen molar-refractivity contribution in [1.29, 1.82) is 0 Å². The van der Waals surface area contributed by atoms with Gasteiger partial charge in [-0.15, -0.1) is 0 Å². The van der Waals surface area contributed by atoms with Crippen LogP contribution in [0.5, 0.6) is 11.5 Å². The second-order valence-electron chi connectivity index (χ2n) is 5.40. The summed E-state index contributed by atoms with van der Waals surface area (Å²) in [6.45, 7) is 4.24. The summed E-state index contributed by atoms with van der Waals surface area (Å²) in [7, 11) is 1.63. The lowest BCUT2D eigenvalue weighted by Gasteiger charge is -2.23. The van der Waals surface area contributed by atoms with Gasteiger partial charge < -0.3 is 20.1 Å². The first-order valence-electron chi connectivity index (χ1n) is 7.48. The smallest absolute Gasteiger partial charge is 0.224 e. The van der Waals surface area contributed by atoms with Gasteiger partial charge in [0.1, 0.15) is 17.6 Å². The van der Waals surface area contributed by atoms with Gasteiger partial charge in [-0.1, -0.05) is 6.07 Å². The summed E-state index contributed by atoms with van der Waals surface area (Å²) in [5, 5.41) is 6.22. The van der Waals surface area contributed by atoms with Crippen molar-refractivity contribution in [3.8, 4) is 11.5 Å². The van der Waals surface area contributed by atoms with Crippen LogP contribution in [0.3, 0.4) is 0 Å². The molecule has 5 heteroatoms. The van der Waals surface area contributed by atoms with Gasteiger partial charge in [0.05, 0.1) is 19.6 Å². The molecule has 0 bridgehead atoms. The molecular weight excluding hydrogens is 268 g/mol. The molecule has 0 spiro atoms. The Labute approximate surface area is 126 Å². The van der Waals surface area contributed by atoms with Crippen molar-refractivity contribution in [2.24, 2.45) is 5.92 Å². The minimum absolute atomic E-state index is 0.0856. The van der Waals surface area contributed by atoms with Gasteiger partial charge in [0.25, 0.3) is 0 Å². The van der Waals surface area contributed by atoms with Crippen LogP contribution in [0.2, 0.25) is 0 Å². The Morgan fingerprint density at radius 1 is 1.48 bits per heavy atom. The fourth-order valence-electron chi connectivity index (χ4n) is 2.41. The Morgan fingerprint density at radius 3 is 3.00 bits per heavy atom. The number of nitrogens with one attached hydrogen (secondary N) is 2. The largest absolute Gasteiger partial charge is 0.497 e. The fourth-order valence-corrected chi connectivity index (χ4v) is 2.41. The van der Waals surface area contributed by atoms with Gasteiger partial charge in [-0.3, -0.25) is 4.79 Å². The van der Waals surface area contributed by atoms with E-state index in [2.05, 4.69) is 10.6 Å². The van der Waals surface area contributed by atoms with Crippen molar-refractivity contribution in [3.05, 3.63) is 24.3 Å². The molecule has 1 amide bonds. The molecule has 1 fully saturated rings. The van der Waals surface area contributed by atoms with Crippen LogP contribution in [0.1, 0.15) is 19.8 Å². The lowest BCUT2D eigenvalue weighted by molar-refractivity contribution is -0.125. The molecule has 1 aliphatic rings. The first-order valence-corrected chi connectivity index (χ1v) is 7.48. The zero-order chi connectivity index (χ0) is 15.1. The van der Waals surface area contributed by atoms with Crippen molar-refractivity contribution in [2.75, 3.05) is 26.7 Å². The van der Waals surface area contributed by atoms with E-state index >= 15 is 0 Å². The van der Waals surface area contributed by atoms with Crippen LogP contribution in [0.4, 0.5) is 0 Å². The topological polar surface area (TPSA) is 59.6 Å². The highest BCUT2D eigenvalue weighted by Gasteiger charge is 2.21. The van der Waals surface area contributed by atoms with E-state index in [0.29, 0.717) is 6.54 Å². The Kier molecular flexibility index (Phi) is 5.87. The van der Waals surface area contributed by atoms with E-state index in [1.54, 1.807) is 7.11 Å². The second-order valence-corrected chi connectivity index (χ2v) is 5.40. The highest BCUT2D eigenvalue weighted by atomic mass is 16.5. The van der Waals surface area contributed by atoms with Crippen LogP contribution in [0.25, 0.3) is 0 Å². The molecule has 2 rings (SSSR count). The molecule has 2 atom stereocenters. The van der Waals surface area contributed by atoms with E-state index in [1.165, 1.54) is 0 Å². The summed E-state index contributed by atoms with van der Waals surface area (Å²) in [5.74, 6) is 1.71. The molecule has 2 unspecified atom stereocenters. The zero-order valence-electron chi connectivity index (χ0n) is 12.7. The summed E-state index contributed by atoms with van der Waals surface area (Å²) in [6.07, 6.45) is 1.94. The summed E-state index contributed by atoms with van der Waals surface area (Å²) in [5.41, 5.74) is 0. The Hall–Kier alpha value is -1.75. The molecule has 0 aromatic heterocycles. The fraction of sp³-hybridized carbons (Fsp3) is 0.562. The maximum Gasteiger partial charge on any atom is 0.224 e. The molecule has 1 saturated heterocycles. The van der Waals surface area contributed by atoms with Crippen molar-refractivity contribution in [2.45, 2.75) is 25.9 Å². The van der Waals surface area contributed by atoms with Gasteiger partial charge in [-0.25, -0.2) is 0 Å². The molecule has 1 aromatic rings. The SMILES string of the molecule is COc1cccc(OC(C)CNC(=O)C2CCCNC2)c1. The number of ether oxygens (including phenoxy) is 2. The van der Waals surface area contributed by atoms with E-state index in [0.717, 1.165) is 37.4 Å². The van der Waals surface area contributed by atoms with Crippen molar-refractivity contribution < 1.29 is 14.3 Å². The van der Waals surface area contributed by atoms with E-state index in [9.17, 15) is 4.79 Å². The normalized spacial score (nSPS) is 19.6. The summed E-state index contributed by atoms with van der Waals surface area (Å²) >= 11 is 0. The molecule has 2 N–H and O–H groups in total.